The van der Waals surface area contributed by atoms with Crippen LogP contribution in [0, 0.1) is 33.5 Å². The highest BCUT2D eigenvalue weighted by molar-refractivity contribution is 6.04. The first-order valence-electron chi connectivity index (χ1n) is 10.1. The van der Waals surface area contributed by atoms with Crippen LogP contribution in [0.5, 0.6) is 0 Å². The van der Waals surface area contributed by atoms with E-state index in [4.69, 9.17) is 0 Å². The summed E-state index contributed by atoms with van der Waals surface area (Å²) in [4.78, 5) is 15.4. The summed E-state index contributed by atoms with van der Waals surface area (Å²) in [6.07, 6.45) is 12.6. The van der Waals surface area contributed by atoms with Crippen molar-refractivity contribution in [1.82, 2.24) is 4.90 Å². The van der Waals surface area contributed by atoms with E-state index in [0.29, 0.717) is 5.57 Å². The lowest BCUT2D eigenvalue weighted by Gasteiger charge is -2.58. The standard InChI is InChI=1S/C23H30N2O/c1-21(2)18-8-10-22(3)9-7-17(25-11-5-6-12-25)13-19(22)23(18,4)14-16(15-24)20(21)26/h7,13-14,18H,5-6,8-12H2,1-4H3/t18-,22?,23?/m0/s1. The summed E-state index contributed by atoms with van der Waals surface area (Å²) in [6, 6.07) is 2.20. The summed E-state index contributed by atoms with van der Waals surface area (Å²) in [5, 5.41) is 9.61. The number of nitrogens with zero attached hydrogens (tertiary/aromatic N) is 2. The van der Waals surface area contributed by atoms with Gasteiger partial charge in [-0.1, -0.05) is 45.4 Å². The van der Waals surface area contributed by atoms with Crippen LogP contribution in [0.2, 0.25) is 0 Å². The SMILES string of the molecule is CC12CC=C(N3CCCC3)C=C1C1(C)C=C(C#N)C(=O)C(C)(C)[C@@H]1CC2. The van der Waals surface area contributed by atoms with Crippen molar-refractivity contribution in [2.24, 2.45) is 22.2 Å². The quantitative estimate of drug-likeness (QED) is 0.684. The number of allylic oxidation sites excluding steroid dienone is 5. The monoisotopic (exact) mass is 350 g/mol. The molecular weight excluding hydrogens is 320 g/mol. The lowest BCUT2D eigenvalue weighted by atomic mass is 9.45. The molecule has 1 saturated heterocycles. The number of fused-ring (bicyclic) bond motifs is 3. The zero-order chi connectivity index (χ0) is 18.7. The lowest BCUT2D eigenvalue weighted by molar-refractivity contribution is -0.130. The first-order chi connectivity index (χ1) is 12.2. The smallest absolute Gasteiger partial charge is 0.178 e. The third-order valence-electron chi connectivity index (χ3n) is 7.73. The van der Waals surface area contributed by atoms with Crippen LogP contribution < -0.4 is 0 Å². The van der Waals surface area contributed by atoms with Gasteiger partial charge in [-0.05, 0) is 49.5 Å². The molecule has 3 heteroatoms. The number of nitriles is 1. The van der Waals surface area contributed by atoms with Gasteiger partial charge >= 0.3 is 0 Å². The number of hydrogen-bond donors (Lipinski definition) is 0. The molecule has 2 fully saturated rings. The maximum Gasteiger partial charge on any atom is 0.178 e. The van der Waals surface area contributed by atoms with Crippen LogP contribution in [0.4, 0.5) is 0 Å². The van der Waals surface area contributed by atoms with Gasteiger partial charge < -0.3 is 4.90 Å². The Morgan fingerprint density at radius 1 is 1.19 bits per heavy atom. The molecule has 0 radical (unpaired) electrons. The van der Waals surface area contributed by atoms with Crippen LogP contribution in [0.25, 0.3) is 0 Å². The predicted molar refractivity (Wildman–Crippen MR) is 103 cm³/mol. The normalized spacial score (nSPS) is 38.6. The molecule has 4 aliphatic rings. The van der Waals surface area contributed by atoms with Gasteiger partial charge in [-0.25, -0.2) is 0 Å². The summed E-state index contributed by atoms with van der Waals surface area (Å²) in [7, 11) is 0. The Balaban J connectivity index is 1.86. The molecule has 138 valence electrons. The molecule has 0 bridgehead atoms. The highest BCUT2D eigenvalue weighted by atomic mass is 16.1. The van der Waals surface area contributed by atoms with Crippen LogP contribution in [-0.2, 0) is 4.79 Å². The predicted octanol–water partition coefficient (Wildman–Crippen LogP) is 4.78. The molecule has 2 unspecified atom stereocenters. The molecule has 0 aromatic heterocycles. The summed E-state index contributed by atoms with van der Waals surface area (Å²) in [5.41, 5.74) is 2.61. The van der Waals surface area contributed by atoms with Crippen molar-refractivity contribution in [3.05, 3.63) is 35.1 Å². The maximum atomic E-state index is 12.9. The van der Waals surface area contributed by atoms with Gasteiger partial charge in [0.25, 0.3) is 0 Å². The second-order valence-corrected chi connectivity index (χ2v) is 9.74. The number of hydrogen-bond acceptors (Lipinski definition) is 3. The highest BCUT2D eigenvalue weighted by Gasteiger charge is 2.58. The van der Waals surface area contributed by atoms with E-state index in [2.05, 4.69) is 37.0 Å². The van der Waals surface area contributed by atoms with Crippen LogP contribution >= 0.6 is 0 Å². The van der Waals surface area contributed by atoms with E-state index in [1.54, 1.807) is 0 Å². The molecule has 3 nitrogen and oxygen atoms in total. The van der Waals surface area contributed by atoms with Gasteiger partial charge in [0.2, 0.25) is 0 Å². The first kappa shape index (κ1) is 17.6. The molecule has 0 N–H and O–H groups in total. The molecule has 26 heavy (non-hydrogen) atoms. The van der Waals surface area contributed by atoms with Crippen molar-refractivity contribution in [3.63, 3.8) is 0 Å². The Labute approximate surface area is 157 Å². The van der Waals surface area contributed by atoms with Gasteiger partial charge in [0.1, 0.15) is 6.07 Å². The van der Waals surface area contributed by atoms with Crippen LogP contribution in [-0.4, -0.2) is 23.8 Å². The fourth-order valence-corrected chi connectivity index (χ4v) is 6.25. The van der Waals surface area contributed by atoms with Gasteiger partial charge in [-0.15, -0.1) is 0 Å². The zero-order valence-corrected chi connectivity index (χ0v) is 16.6. The third kappa shape index (κ3) is 2.27. The third-order valence-corrected chi connectivity index (χ3v) is 7.73. The van der Waals surface area contributed by atoms with Crippen LogP contribution in [0.1, 0.15) is 59.8 Å². The van der Waals surface area contributed by atoms with E-state index in [1.165, 1.54) is 24.1 Å². The number of ketones is 1. The van der Waals surface area contributed by atoms with Crippen molar-refractivity contribution < 1.29 is 4.79 Å². The second-order valence-electron chi connectivity index (χ2n) is 9.74. The number of Topliss-reactive ketones (excluding diaryl/α,β-unsaturated/α-hetero) is 1. The molecule has 1 saturated carbocycles. The Morgan fingerprint density at radius 3 is 2.54 bits per heavy atom. The van der Waals surface area contributed by atoms with Crippen LogP contribution in [0.3, 0.4) is 0 Å². The van der Waals surface area contributed by atoms with E-state index in [-0.39, 0.29) is 22.5 Å². The summed E-state index contributed by atoms with van der Waals surface area (Å²) >= 11 is 0. The Kier molecular flexibility index (Phi) is 3.78. The molecule has 3 atom stereocenters. The van der Waals surface area contributed by atoms with Gasteiger partial charge in [0, 0.05) is 29.6 Å². The average Bonchev–Trinajstić information content (AvgIpc) is 3.12. The first-order valence-corrected chi connectivity index (χ1v) is 10.1. The minimum Gasteiger partial charge on any atom is -0.372 e. The molecule has 0 spiro atoms. The molecule has 0 aromatic carbocycles. The van der Waals surface area contributed by atoms with Gasteiger partial charge in [0.05, 0.1) is 5.57 Å². The summed E-state index contributed by atoms with van der Waals surface area (Å²) in [5.74, 6) is 0.287. The largest absolute Gasteiger partial charge is 0.372 e. The van der Waals surface area contributed by atoms with Crippen molar-refractivity contribution >= 4 is 5.78 Å². The molecule has 1 heterocycles. The van der Waals surface area contributed by atoms with Crippen molar-refractivity contribution in [1.29, 1.82) is 5.26 Å². The van der Waals surface area contributed by atoms with E-state index in [0.717, 1.165) is 32.4 Å². The average molecular weight is 351 g/mol. The topological polar surface area (TPSA) is 44.1 Å². The molecule has 3 aliphatic carbocycles. The fraction of sp³-hybridized carbons (Fsp3) is 0.652. The van der Waals surface area contributed by atoms with Crippen LogP contribution in [0.15, 0.2) is 35.1 Å². The summed E-state index contributed by atoms with van der Waals surface area (Å²) < 4.78 is 0. The van der Waals surface area contributed by atoms with Gasteiger partial charge in [-0.3, -0.25) is 4.79 Å². The highest BCUT2D eigenvalue weighted by Crippen LogP contribution is 2.64. The van der Waals surface area contributed by atoms with Crippen molar-refractivity contribution in [2.75, 3.05) is 13.1 Å². The van der Waals surface area contributed by atoms with Gasteiger partial charge in [0.15, 0.2) is 5.78 Å². The fourth-order valence-electron chi connectivity index (χ4n) is 6.25. The number of likely N-dealkylation sites (tertiary alicyclic amines) is 1. The lowest BCUT2D eigenvalue weighted by Crippen LogP contribution is -2.53. The second kappa shape index (κ2) is 5.59. The number of carbonyl (C=O) groups is 1. The minimum absolute atomic E-state index is 0.0257. The zero-order valence-electron chi connectivity index (χ0n) is 16.6. The van der Waals surface area contributed by atoms with Gasteiger partial charge in [-0.2, -0.15) is 5.26 Å². The molecule has 0 aromatic rings. The van der Waals surface area contributed by atoms with Crippen molar-refractivity contribution in [3.8, 4) is 6.07 Å². The van der Waals surface area contributed by atoms with E-state index >= 15 is 0 Å². The van der Waals surface area contributed by atoms with E-state index in [9.17, 15) is 10.1 Å². The molecule has 4 rings (SSSR count). The molecule has 1 aliphatic heterocycles. The van der Waals surface area contributed by atoms with Crippen molar-refractivity contribution in [2.45, 2.75) is 59.8 Å². The summed E-state index contributed by atoms with van der Waals surface area (Å²) in [6.45, 7) is 11.0. The molecule has 0 amide bonds. The maximum absolute atomic E-state index is 12.9. The Hall–Kier alpha value is -1.82. The van der Waals surface area contributed by atoms with E-state index in [1.807, 2.05) is 19.9 Å². The number of rotatable bonds is 1. The minimum atomic E-state index is -0.480. The van der Waals surface area contributed by atoms with E-state index < -0.39 is 5.41 Å². The molecular formula is C23H30N2O. The number of carbonyl (C=O) groups excluding carboxylic acids is 1. The Morgan fingerprint density at radius 2 is 1.88 bits per heavy atom. The Bertz CT molecular complexity index is 788.